The van der Waals surface area contributed by atoms with Crippen LogP contribution in [0.2, 0.25) is 0 Å². The van der Waals surface area contributed by atoms with Gasteiger partial charge in [-0.25, -0.2) is 0 Å². The number of benzene rings is 4. The highest BCUT2D eigenvalue weighted by atomic mass is 32.1. The minimum absolute atomic E-state index is 1.06. The standard InChI is InChI=1S/C48H50S2/c1-3-5-7-9-11-13-33-15-19-41-37(27-33)31-39-29-35(17-21-43(39)41)45-23-25-47(49-45)48-26-24-46(50-48)36-18-22-44-40(30-36)32-38-28-34(16-20-42(38)44)14-12-10-8-6-4-2/h15-30H,3-14,31-32H2,1-2H3. The summed E-state index contributed by atoms with van der Waals surface area (Å²) in [5.74, 6) is 0. The molecule has 254 valence electrons. The summed E-state index contributed by atoms with van der Waals surface area (Å²) in [6.45, 7) is 4.58. The Morgan fingerprint density at radius 2 is 0.760 bits per heavy atom. The lowest BCUT2D eigenvalue weighted by Crippen LogP contribution is -1.89. The van der Waals surface area contributed by atoms with E-state index in [-0.39, 0.29) is 0 Å². The first-order valence-electron chi connectivity index (χ1n) is 19.4. The summed E-state index contributed by atoms with van der Waals surface area (Å²) in [4.78, 5) is 5.44. The Morgan fingerprint density at radius 3 is 1.20 bits per heavy atom. The van der Waals surface area contributed by atoms with Crippen LogP contribution in [0.15, 0.2) is 97.1 Å². The van der Waals surface area contributed by atoms with E-state index >= 15 is 0 Å². The zero-order chi connectivity index (χ0) is 33.9. The Kier molecular flexibility index (Phi) is 10.2. The molecule has 8 rings (SSSR count). The summed E-state index contributed by atoms with van der Waals surface area (Å²) in [7, 11) is 0. The van der Waals surface area contributed by atoms with Crippen molar-refractivity contribution in [3.05, 3.63) is 130 Å². The van der Waals surface area contributed by atoms with Crippen LogP contribution in [0, 0.1) is 0 Å². The Balaban J connectivity index is 0.924. The van der Waals surface area contributed by atoms with Gasteiger partial charge in [-0.1, -0.05) is 126 Å². The zero-order valence-corrected chi connectivity index (χ0v) is 31.6. The maximum absolute atomic E-state index is 2.49. The third kappa shape index (κ3) is 7.07. The van der Waals surface area contributed by atoms with Gasteiger partial charge in [0.1, 0.15) is 0 Å². The molecular weight excluding hydrogens is 641 g/mol. The predicted molar refractivity (Wildman–Crippen MR) is 220 cm³/mol. The van der Waals surface area contributed by atoms with Crippen LogP contribution in [0.25, 0.3) is 52.9 Å². The fraction of sp³-hybridized carbons (Fsp3) is 0.333. The van der Waals surface area contributed by atoms with Gasteiger partial charge in [-0.05, 0) is 142 Å². The van der Waals surface area contributed by atoms with Gasteiger partial charge in [-0.2, -0.15) is 0 Å². The van der Waals surface area contributed by atoms with E-state index in [1.807, 2.05) is 22.7 Å². The summed E-state index contributed by atoms with van der Waals surface area (Å²) in [5, 5.41) is 0. The second-order valence-electron chi connectivity index (χ2n) is 14.7. The molecule has 2 aliphatic carbocycles. The molecule has 50 heavy (non-hydrogen) atoms. The van der Waals surface area contributed by atoms with Crippen LogP contribution in [0.3, 0.4) is 0 Å². The largest absolute Gasteiger partial charge is 0.134 e. The highest BCUT2D eigenvalue weighted by Crippen LogP contribution is 2.45. The molecule has 0 N–H and O–H groups in total. The molecule has 0 atom stereocenters. The minimum Gasteiger partial charge on any atom is -0.134 e. The fourth-order valence-electron chi connectivity index (χ4n) is 8.26. The van der Waals surface area contributed by atoms with Gasteiger partial charge in [0.2, 0.25) is 0 Å². The first kappa shape index (κ1) is 33.4. The van der Waals surface area contributed by atoms with Crippen molar-refractivity contribution in [3.63, 3.8) is 0 Å². The molecule has 0 radical (unpaired) electrons. The second kappa shape index (κ2) is 15.3. The number of rotatable bonds is 15. The van der Waals surface area contributed by atoms with E-state index in [4.69, 9.17) is 0 Å². The number of hydrogen-bond donors (Lipinski definition) is 0. The van der Waals surface area contributed by atoms with E-state index in [1.54, 1.807) is 0 Å². The van der Waals surface area contributed by atoms with Crippen molar-refractivity contribution in [1.82, 2.24) is 0 Å². The Morgan fingerprint density at radius 1 is 0.380 bits per heavy atom. The fourth-order valence-corrected chi connectivity index (χ4v) is 10.4. The molecule has 0 fully saturated rings. The Bertz CT molecular complexity index is 1950. The molecule has 2 aliphatic rings. The van der Waals surface area contributed by atoms with Crippen molar-refractivity contribution in [2.75, 3.05) is 0 Å². The number of unbranched alkanes of at least 4 members (excludes halogenated alkanes) is 8. The molecule has 0 saturated carbocycles. The molecule has 6 aromatic rings. The molecule has 0 spiro atoms. The van der Waals surface area contributed by atoms with Gasteiger partial charge >= 0.3 is 0 Å². The van der Waals surface area contributed by atoms with Crippen molar-refractivity contribution >= 4 is 22.7 Å². The normalized spacial score (nSPS) is 12.6. The smallest absolute Gasteiger partial charge is 0.0449 e. The van der Waals surface area contributed by atoms with Crippen LogP contribution in [0.4, 0.5) is 0 Å². The van der Waals surface area contributed by atoms with Crippen LogP contribution in [0.5, 0.6) is 0 Å². The third-order valence-electron chi connectivity index (χ3n) is 11.1. The lowest BCUT2D eigenvalue weighted by molar-refractivity contribution is 0.632. The number of thiophene rings is 2. The number of hydrogen-bond acceptors (Lipinski definition) is 2. The van der Waals surface area contributed by atoms with E-state index in [2.05, 4.69) is 111 Å². The topological polar surface area (TPSA) is 0 Å². The van der Waals surface area contributed by atoms with Crippen LogP contribution in [-0.2, 0) is 25.7 Å². The van der Waals surface area contributed by atoms with Crippen LogP contribution >= 0.6 is 22.7 Å². The Labute approximate surface area is 308 Å². The molecule has 0 aliphatic heterocycles. The lowest BCUT2D eigenvalue weighted by Gasteiger charge is -2.06. The van der Waals surface area contributed by atoms with Crippen molar-refractivity contribution in [2.45, 2.75) is 104 Å². The maximum Gasteiger partial charge on any atom is 0.0449 e. The summed E-state index contributed by atoms with van der Waals surface area (Å²) < 4.78 is 0. The molecule has 4 aromatic carbocycles. The van der Waals surface area contributed by atoms with Gasteiger partial charge in [-0.15, -0.1) is 22.7 Å². The summed E-state index contributed by atoms with van der Waals surface area (Å²) in [6, 6.07) is 38.1. The average Bonchev–Trinajstić information content (AvgIpc) is 3.95. The van der Waals surface area contributed by atoms with E-state index in [0.717, 1.165) is 12.8 Å². The average molecular weight is 691 g/mol. The van der Waals surface area contributed by atoms with Gasteiger partial charge in [0.25, 0.3) is 0 Å². The lowest BCUT2D eigenvalue weighted by atomic mass is 9.99. The zero-order valence-electron chi connectivity index (χ0n) is 30.0. The van der Waals surface area contributed by atoms with Crippen molar-refractivity contribution in [3.8, 4) is 52.9 Å². The number of aryl methyl sites for hydroxylation is 2. The second-order valence-corrected chi connectivity index (χ2v) is 16.9. The maximum atomic E-state index is 2.49. The van der Waals surface area contributed by atoms with Gasteiger partial charge in [0.15, 0.2) is 0 Å². The third-order valence-corrected chi connectivity index (χ3v) is 13.5. The molecule has 0 saturated heterocycles. The molecular formula is C48H50S2. The molecule has 0 unspecified atom stereocenters. The summed E-state index contributed by atoms with van der Waals surface area (Å²) in [6.07, 6.45) is 18.0. The van der Waals surface area contributed by atoms with Gasteiger partial charge in [0.05, 0.1) is 0 Å². The Hall–Kier alpha value is -3.72. The summed E-state index contributed by atoms with van der Waals surface area (Å²) in [5.41, 5.74) is 17.4. The quantitative estimate of drug-likeness (QED) is 0.0939. The van der Waals surface area contributed by atoms with Crippen molar-refractivity contribution in [2.24, 2.45) is 0 Å². The first-order chi connectivity index (χ1) is 24.7. The number of fused-ring (bicyclic) bond motifs is 6. The highest BCUT2D eigenvalue weighted by Gasteiger charge is 2.21. The van der Waals surface area contributed by atoms with Crippen LogP contribution in [-0.4, -0.2) is 0 Å². The summed E-state index contributed by atoms with van der Waals surface area (Å²) >= 11 is 3.85. The molecule has 0 amide bonds. The molecule has 2 heterocycles. The molecule has 0 nitrogen and oxygen atoms in total. The SMILES string of the molecule is CCCCCCCc1ccc2c(c1)Cc1cc(-c3ccc(-c4ccc(-c5ccc6c(c5)Cc5cc(CCCCCCC)ccc5-6)s4)s3)ccc1-2. The van der Waals surface area contributed by atoms with Crippen molar-refractivity contribution < 1.29 is 0 Å². The first-order valence-corrected chi connectivity index (χ1v) is 21.0. The monoisotopic (exact) mass is 690 g/mol. The molecule has 0 bridgehead atoms. The van der Waals surface area contributed by atoms with Gasteiger partial charge in [0, 0.05) is 19.5 Å². The van der Waals surface area contributed by atoms with Crippen LogP contribution < -0.4 is 0 Å². The van der Waals surface area contributed by atoms with Crippen molar-refractivity contribution in [1.29, 1.82) is 0 Å². The molecule has 2 aromatic heterocycles. The van der Waals surface area contributed by atoms with E-state index in [9.17, 15) is 0 Å². The molecule has 2 heteroatoms. The predicted octanol–water partition coefficient (Wildman–Crippen LogP) is 15.0. The minimum atomic E-state index is 1.06. The van der Waals surface area contributed by atoms with E-state index in [0.29, 0.717) is 0 Å². The van der Waals surface area contributed by atoms with Gasteiger partial charge in [-0.3, -0.25) is 0 Å². The highest BCUT2D eigenvalue weighted by molar-refractivity contribution is 7.25. The van der Waals surface area contributed by atoms with E-state index < -0.39 is 0 Å². The van der Waals surface area contributed by atoms with E-state index in [1.165, 1.54) is 163 Å². The van der Waals surface area contributed by atoms with Crippen LogP contribution in [0.1, 0.15) is 111 Å². The van der Waals surface area contributed by atoms with Gasteiger partial charge < -0.3 is 0 Å².